The second-order valence-corrected chi connectivity index (χ2v) is 12.4. The molecule has 0 bridgehead atoms. The number of thioether (sulfide) groups is 2. The van der Waals surface area contributed by atoms with Gasteiger partial charge in [0.05, 0.1) is 17.5 Å². The van der Waals surface area contributed by atoms with Crippen molar-refractivity contribution >= 4 is 93.2 Å². The van der Waals surface area contributed by atoms with Crippen LogP contribution in [0.3, 0.4) is 0 Å². The van der Waals surface area contributed by atoms with Crippen LogP contribution < -0.4 is 33.2 Å². The Morgan fingerprint density at radius 2 is 1.63 bits per heavy atom. The smallest absolute Gasteiger partial charge is 0.327 e. The van der Waals surface area contributed by atoms with Gasteiger partial charge in [0.15, 0.2) is 22.2 Å². The van der Waals surface area contributed by atoms with Crippen LogP contribution in [0, 0.1) is 22.3 Å². The number of nitrogens with two attached hydrogens (primary N) is 3. The van der Waals surface area contributed by atoms with Crippen LogP contribution >= 0.6 is 59.0 Å². The molecule has 0 aromatic carbocycles. The number of nitrogens with zero attached hydrogens (tertiary/aromatic N) is 6. The molecule has 2 rings (SSSR count). The number of thiol groups is 1. The SMILES string of the molecule is N#CN=C(N)N(CCSCc1csc(NC(=N)N)n1)CC(O)CNC(=O)N(S)CCSCc1csc(NC(=N)N)n1. The molecule has 12 N–H and O–H groups in total. The van der Waals surface area contributed by atoms with Crippen LogP contribution in [-0.4, -0.2) is 92.0 Å². The van der Waals surface area contributed by atoms with E-state index < -0.39 is 12.1 Å². The number of aliphatic imine (C=N–C) groups is 1. The molecule has 1 unspecified atom stereocenters. The van der Waals surface area contributed by atoms with E-state index in [2.05, 4.69) is 43.7 Å². The third-order valence-electron chi connectivity index (χ3n) is 4.68. The van der Waals surface area contributed by atoms with Crippen molar-refractivity contribution in [2.24, 2.45) is 22.2 Å². The molecule has 41 heavy (non-hydrogen) atoms. The predicted molar refractivity (Wildman–Crippen MR) is 172 cm³/mol. The van der Waals surface area contributed by atoms with Crippen molar-refractivity contribution in [1.29, 1.82) is 16.1 Å². The topological polar surface area (TPSA) is 268 Å². The number of hydrogen-bond donors (Lipinski definition) is 10. The third kappa shape index (κ3) is 13.8. The molecule has 0 fully saturated rings. The Morgan fingerprint density at radius 1 is 1.10 bits per heavy atom. The number of carbonyl (C=O) groups is 1. The number of aromatic nitrogens is 2. The number of aliphatic hydroxyl groups is 1. The minimum Gasteiger partial charge on any atom is -0.389 e. The van der Waals surface area contributed by atoms with Crippen LogP contribution in [-0.2, 0) is 11.5 Å². The number of nitrogens with one attached hydrogen (secondary N) is 5. The maximum absolute atomic E-state index is 12.4. The number of anilines is 2. The van der Waals surface area contributed by atoms with Crippen molar-refractivity contribution in [3.8, 4) is 6.19 Å². The Bertz CT molecular complexity index is 1220. The van der Waals surface area contributed by atoms with E-state index in [1.54, 1.807) is 34.6 Å². The van der Waals surface area contributed by atoms with E-state index in [0.29, 0.717) is 46.4 Å². The van der Waals surface area contributed by atoms with Gasteiger partial charge < -0.3 is 43.2 Å². The zero-order valence-electron chi connectivity index (χ0n) is 21.7. The highest BCUT2D eigenvalue weighted by atomic mass is 32.2. The lowest BCUT2D eigenvalue weighted by atomic mass is 10.3. The zero-order chi connectivity index (χ0) is 30.2. The van der Waals surface area contributed by atoms with Crippen LogP contribution in [0.5, 0.6) is 0 Å². The summed E-state index contributed by atoms with van der Waals surface area (Å²) in [5.41, 5.74) is 18.2. The first-order valence-corrected chi connectivity index (χ1v) is 16.2. The largest absolute Gasteiger partial charge is 0.389 e. The lowest BCUT2D eigenvalue weighted by Gasteiger charge is -2.26. The van der Waals surface area contributed by atoms with Crippen molar-refractivity contribution in [3.05, 3.63) is 22.1 Å². The number of hydrogen-bond acceptors (Lipinski definition) is 13. The molecule has 0 saturated heterocycles. The van der Waals surface area contributed by atoms with Gasteiger partial charge in [-0.25, -0.2) is 14.8 Å². The van der Waals surface area contributed by atoms with E-state index >= 15 is 0 Å². The van der Waals surface area contributed by atoms with Gasteiger partial charge in [-0.05, 0) is 0 Å². The number of thiazole rings is 2. The summed E-state index contributed by atoms with van der Waals surface area (Å²) >= 11 is 10.0. The molecule has 2 aromatic heterocycles. The molecule has 21 heteroatoms. The van der Waals surface area contributed by atoms with E-state index in [0.717, 1.165) is 11.4 Å². The monoisotopic (exact) mass is 660 g/mol. The Labute approximate surface area is 259 Å². The molecule has 2 heterocycles. The fraction of sp³-hybridized carbons (Fsp3) is 0.450. The number of aliphatic hydroxyl groups excluding tert-OH is 1. The van der Waals surface area contributed by atoms with Gasteiger partial charge in [-0.3, -0.25) is 15.1 Å². The lowest BCUT2D eigenvalue weighted by Crippen LogP contribution is -2.47. The van der Waals surface area contributed by atoms with Gasteiger partial charge in [0.25, 0.3) is 0 Å². The summed E-state index contributed by atoms with van der Waals surface area (Å²) in [6.07, 6.45) is 0.667. The molecular weight excluding hydrogens is 629 g/mol. The van der Waals surface area contributed by atoms with E-state index in [9.17, 15) is 9.90 Å². The molecule has 0 spiro atoms. The summed E-state index contributed by atoms with van der Waals surface area (Å²) < 4.78 is 1.22. The molecule has 2 aromatic rings. The standard InChI is InChI=1S/C20H32N14O2S5/c21-11-28-17(26)33(1-3-38-7-12-9-40-18(29-12)31-15(22)23)6-14(35)5-27-20(36)34(37)2-4-39-8-13-10-41-19(30-13)32-16(24)25/h9-10,14,35,37H,1-8H2,(H2,26,28)(H,27,36)(H4,22,23,29,31)(H4,24,25,30,32). The molecule has 0 radical (unpaired) electrons. The Hall–Kier alpha value is -3.16. The number of carbonyl (C=O) groups excluding carboxylic acids is 1. The van der Waals surface area contributed by atoms with Gasteiger partial charge in [-0.1, -0.05) is 12.8 Å². The summed E-state index contributed by atoms with van der Waals surface area (Å²) in [5, 5.41) is 46.6. The molecule has 1 atom stereocenters. The molecule has 224 valence electrons. The van der Waals surface area contributed by atoms with Gasteiger partial charge in [0, 0.05) is 60.0 Å². The average Bonchev–Trinajstić information content (AvgIpc) is 3.55. The van der Waals surface area contributed by atoms with Gasteiger partial charge in [-0.2, -0.15) is 28.8 Å². The summed E-state index contributed by atoms with van der Waals surface area (Å²) in [7, 11) is 0. The van der Waals surface area contributed by atoms with Gasteiger partial charge >= 0.3 is 6.03 Å². The van der Waals surface area contributed by atoms with Gasteiger partial charge in [0.1, 0.15) is 0 Å². The molecule has 0 aliphatic carbocycles. The molecule has 0 aliphatic heterocycles. The van der Waals surface area contributed by atoms with Crippen LogP contribution in [0.1, 0.15) is 11.4 Å². The zero-order valence-corrected chi connectivity index (χ0v) is 25.9. The van der Waals surface area contributed by atoms with Gasteiger partial charge in [0.2, 0.25) is 12.2 Å². The van der Waals surface area contributed by atoms with E-state index in [-0.39, 0.29) is 31.0 Å². The normalized spacial score (nSPS) is 11.8. The highest BCUT2D eigenvalue weighted by molar-refractivity contribution is 7.98. The van der Waals surface area contributed by atoms with E-state index in [1.807, 2.05) is 10.8 Å². The van der Waals surface area contributed by atoms with Crippen LogP contribution in [0.25, 0.3) is 0 Å². The molecule has 2 amide bonds. The number of amides is 2. The Balaban J connectivity index is 1.69. The quantitative estimate of drug-likeness (QED) is 0.0391. The summed E-state index contributed by atoms with van der Waals surface area (Å²) in [6.45, 7) is 0.755. The molecular formula is C20H32N14O2S5. The van der Waals surface area contributed by atoms with Crippen LogP contribution in [0.4, 0.5) is 15.1 Å². The predicted octanol–water partition coefficient (Wildman–Crippen LogP) is 0.692. The maximum atomic E-state index is 12.4. The fourth-order valence-corrected chi connectivity index (χ4v) is 6.54. The van der Waals surface area contributed by atoms with E-state index in [1.165, 1.54) is 27.0 Å². The van der Waals surface area contributed by atoms with Crippen molar-refractivity contribution in [2.75, 3.05) is 48.3 Å². The van der Waals surface area contributed by atoms with Crippen LogP contribution in [0.15, 0.2) is 15.8 Å². The first-order valence-electron chi connectivity index (χ1n) is 11.7. The second kappa shape index (κ2) is 18.3. The van der Waals surface area contributed by atoms with Crippen molar-refractivity contribution in [2.45, 2.75) is 17.6 Å². The Morgan fingerprint density at radius 3 is 2.15 bits per heavy atom. The van der Waals surface area contributed by atoms with Crippen molar-refractivity contribution < 1.29 is 9.90 Å². The van der Waals surface area contributed by atoms with Gasteiger partial charge in [-0.15, -0.1) is 27.7 Å². The van der Waals surface area contributed by atoms with Crippen LogP contribution in [0.2, 0.25) is 0 Å². The summed E-state index contributed by atoms with van der Waals surface area (Å²) in [4.78, 5) is 26.2. The number of guanidine groups is 3. The average molecular weight is 661 g/mol. The summed E-state index contributed by atoms with van der Waals surface area (Å²) in [5.74, 6) is 2.06. The number of rotatable bonds is 16. The maximum Gasteiger partial charge on any atom is 0.327 e. The first kappa shape index (κ1) is 34.0. The summed E-state index contributed by atoms with van der Waals surface area (Å²) in [6, 6.07) is -0.461. The minimum absolute atomic E-state index is 0.0303. The third-order valence-corrected chi connectivity index (χ3v) is 8.62. The van der Waals surface area contributed by atoms with Crippen molar-refractivity contribution in [1.82, 2.24) is 24.5 Å². The first-order chi connectivity index (χ1) is 19.6. The lowest BCUT2D eigenvalue weighted by molar-refractivity contribution is 0.140. The number of urea groups is 1. The van der Waals surface area contributed by atoms with E-state index in [4.69, 9.17) is 33.3 Å². The Kier molecular flexibility index (Phi) is 15.2. The second-order valence-electron chi connectivity index (χ2n) is 7.95. The molecule has 0 aliphatic rings. The molecule has 0 saturated carbocycles. The van der Waals surface area contributed by atoms with Crippen molar-refractivity contribution in [3.63, 3.8) is 0 Å². The highest BCUT2D eigenvalue weighted by Gasteiger charge is 2.17. The minimum atomic E-state index is -0.978. The highest BCUT2D eigenvalue weighted by Crippen LogP contribution is 2.20. The fourth-order valence-electron chi connectivity index (χ4n) is 2.91. The number of nitriles is 1. The molecule has 16 nitrogen and oxygen atoms in total.